The summed E-state index contributed by atoms with van der Waals surface area (Å²) in [5.41, 5.74) is 3.62. The van der Waals surface area contributed by atoms with Gasteiger partial charge in [0, 0.05) is 41.7 Å². The SMILES string of the molecule is O=C(O)C1CCCN(C(=O)C=Cc2cccc(Cl)c2-c2ccc3c(c2)CCOO3)C1. The van der Waals surface area contributed by atoms with Crippen LogP contribution >= 0.6 is 11.6 Å². The molecule has 0 bridgehead atoms. The standard InChI is InChI=1S/C23H22ClNO5/c24-19-5-1-3-15(7-9-21(26)25-11-2-4-18(14-25)23(27)28)22(19)17-6-8-20-16(13-17)10-12-29-30-20/h1,3,5-9,13,18H,2,4,10-12,14H2,(H,27,28). The quantitative estimate of drug-likeness (QED) is 0.584. The molecule has 1 N–H and O–H groups in total. The Morgan fingerprint density at radius 1 is 1.23 bits per heavy atom. The summed E-state index contributed by atoms with van der Waals surface area (Å²) in [4.78, 5) is 35.7. The average molecular weight is 428 g/mol. The van der Waals surface area contributed by atoms with Gasteiger partial charge in [-0.3, -0.25) is 9.59 Å². The molecule has 0 saturated carbocycles. The summed E-state index contributed by atoms with van der Waals surface area (Å²) in [6.45, 7) is 1.31. The number of hydrogen-bond acceptors (Lipinski definition) is 4. The molecule has 0 radical (unpaired) electrons. The summed E-state index contributed by atoms with van der Waals surface area (Å²) in [5.74, 6) is -0.847. The molecule has 156 valence electrons. The molecule has 7 heteroatoms. The Bertz CT molecular complexity index is 1000. The lowest BCUT2D eigenvalue weighted by Gasteiger charge is -2.29. The number of carboxylic acids is 1. The van der Waals surface area contributed by atoms with E-state index in [0.29, 0.717) is 36.8 Å². The summed E-state index contributed by atoms with van der Waals surface area (Å²) < 4.78 is 0. The Hall–Kier alpha value is -2.83. The number of likely N-dealkylation sites (tertiary alicyclic amines) is 1. The van der Waals surface area contributed by atoms with Gasteiger partial charge in [-0.2, -0.15) is 4.89 Å². The van der Waals surface area contributed by atoms with E-state index in [0.717, 1.165) is 28.7 Å². The van der Waals surface area contributed by atoms with E-state index < -0.39 is 11.9 Å². The van der Waals surface area contributed by atoms with Crippen LogP contribution in [0.2, 0.25) is 5.02 Å². The number of halogens is 1. The molecule has 6 nitrogen and oxygen atoms in total. The van der Waals surface area contributed by atoms with Gasteiger partial charge in [-0.1, -0.05) is 29.8 Å². The second-order valence-electron chi connectivity index (χ2n) is 7.48. The number of rotatable bonds is 4. The molecule has 0 aromatic heterocycles. The van der Waals surface area contributed by atoms with E-state index in [4.69, 9.17) is 21.4 Å². The van der Waals surface area contributed by atoms with Crippen molar-refractivity contribution in [3.05, 3.63) is 58.6 Å². The van der Waals surface area contributed by atoms with E-state index in [9.17, 15) is 14.7 Å². The third-order valence-electron chi connectivity index (χ3n) is 5.49. The van der Waals surface area contributed by atoms with E-state index in [1.165, 1.54) is 6.08 Å². The summed E-state index contributed by atoms with van der Waals surface area (Å²) >= 11 is 6.51. The van der Waals surface area contributed by atoms with Crippen molar-refractivity contribution in [3.63, 3.8) is 0 Å². The number of carbonyl (C=O) groups excluding carboxylic acids is 1. The third-order valence-corrected chi connectivity index (χ3v) is 5.80. The Labute approximate surface area is 179 Å². The Balaban J connectivity index is 1.59. The molecule has 1 atom stereocenters. The molecule has 1 unspecified atom stereocenters. The van der Waals surface area contributed by atoms with Gasteiger partial charge in [0.15, 0.2) is 5.75 Å². The first-order chi connectivity index (χ1) is 14.5. The highest BCUT2D eigenvalue weighted by Gasteiger charge is 2.27. The highest BCUT2D eigenvalue weighted by molar-refractivity contribution is 6.33. The molecule has 2 aliphatic heterocycles. The van der Waals surface area contributed by atoms with Gasteiger partial charge in [-0.15, -0.1) is 0 Å². The van der Waals surface area contributed by atoms with Crippen LogP contribution in [0.15, 0.2) is 42.5 Å². The van der Waals surface area contributed by atoms with Crippen LogP contribution in [0.1, 0.15) is 24.0 Å². The fraction of sp³-hybridized carbons (Fsp3) is 0.304. The predicted octanol–water partition coefficient (Wildman–Crippen LogP) is 4.21. The summed E-state index contributed by atoms with van der Waals surface area (Å²) in [7, 11) is 0. The van der Waals surface area contributed by atoms with Crippen LogP contribution in [0.4, 0.5) is 0 Å². The second-order valence-corrected chi connectivity index (χ2v) is 7.88. The van der Waals surface area contributed by atoms with E-state index in [2.05, 4.69) is 0 Å². The van der Waals surface area contributed by atoms with E-state index in [1.54, 1.807) is 11.0 Å². The molecular weight excluding hydrogens is 406 g/mol. The Morgan fingerprint density at radius 2 is 2.10 bits per heavy atom. The van der Waals surface area contributed by atoms with Crippen molar-refractivity contribution in [2.45, 2.75) is 19.3 Å². The molecule has 2 aromatic carbocycles. The molecule has 0 spiro atoms. The lowest BCUT2D eigenvalue weighted by Crippen LogP contribution is -2.41. The summed E-state index contributed by atoms with van der Waals surface area (Å²) in [6.07, 6.45) is 5.28. The van der Waals surface area contributed by atoms with Gasteiger partial charge in [0.2, 0.25) is 5.91 Å². The van der Waals surface area contributed by atoms with Crippen molar-refractivity contribution in [3.8, 4) is 16.9 Å². The Morgan fingerprint density at radius 3 is 2.93 bits per heavy atom. The van der Waals surface area contributed by atoms with Gasteiger partial charge in [0.05, 0.1) is 12.5 Å². The van der Waals surface area contributed by atoms with E-state index in [-0.39, 0.29) is 12.5 Å². The molecule has 0 aliphatic carbocycles. The van der Waals surface area contributed by atoms with Gasteiger partial charge in [0.1, 0.15) is 0 Å². The minimum Gasteiger partial charge on any atom is -0.481 e. The highest BCUT2D eigenvalue weighted by Crippen LogP contribution is 2.36. The lowest BCUT2D eigenvalue weighted by atomic mass is 9.96. The summed E-state index contributed by atoms with van der Waals surface area (Å²) in [5, 5.41) is 9.82. The zero-order chi connectivity index (χ0) is 21.1. The van der Waals surface area contributed by atoms with Crippen molar-refractivity contribution >= 4 is 29.6 Å². The zero-order valence-corrected chi connectivity index (χ0v) is 17.1. The number of aliphatic carboxylic acids is 1. The molecule has 2 aliphatic rings. The van der Waals surface area contributed by atoms with Crippen LogP contribution in [0, 0.1) is 5.92 Å². The van der Waals surface area contributed by atoms with Crippen molar-refractivity contribution in [1.29, 1.82) is 0 Å². The molecule has 4 rings (SSSR count). The van der Waals surface area contributed by atoms with Crippen LogP contribution in [0.3, 0.4) is 0 Å². The minimum absolute atomic E-state index is 0.192. The van der Waals surface area contributed by atoms with Crippen LogP contribution in [0.25, 0.3) is 17.2 Å². The largest absolute Gasteiger partial charge is 0.481 e. The van der Waals surface area contributed by atoms with Crippen LogP contribution in [-0.2, 0) is 20.9 Å². The average Bonchev–Trinajstić information content (AvgIpc) is 2.77. The number of benzene rings is 2. The van der Waals surface area contributed by atoms with Crippen molar-refractivity contribution in [2.24, 2.45) is 5.92 Å². The molecule has 30 heavy (non-hydrogen) atoms. The number of carboxylic acid groups (broad SMARTS) is 1. The molecule has 2 aromatic rings. The maximum absolute atomic E-state index is 12.6. The molecule has 1 fully saturated rings. The first kappa shape index (κ1) is 20.4. The smallest absolute Gasteiger partial charge is 0.308 e. The lowest BCUT2D eigenvalue weighted by molar-refractivity contribution is -0.215. The van der Waals surface area contributed by atoms with Crippen molar-refractivity contribution in [2.75, 3.05) is 19.7 Å². The molecular formula is C23H22ClNO5. The van der Waals surface area contributed by atoms with Crippen LogP contribution in [0.5, 0.6) is 5.75 Å². The normalized spacial score (nSPS) is 18.7. The van der Waals surface area contributed by atoms with Gasteiger partial charge < -0.3 is 14.9 Å². The third kappa shape index (κ3) is 4.35. The number of hydrogen-bond donors (Lipinski definition) is 1. The van der Waals surface area contributed by atoms with Gasteiger partial charge in [0.25, 0.3) is 0 Å². The van der Waals surface area contributed by atoms with E-state index >= 15 is 0 Å². The fourth-order valence-electron chi connectivity index (χ4n) is 3.90. The predicted molar refractivity (Wildman–Crippen MR) is 113 cm³/mol. The molecule has 2 heterocycles. The zero-order valence-electron chi connectivity index (χ0n) is 16.3. The maximum atomic E-state index is 12.6. The number of amides is 1. The number of piperidine rings is 1. The first-order valence-corrected chi connectivity index (χ1v) is 10.3. The van der Waals surface area contributed by atoms with Gasteiger partial charge in [-0.25, -0.2) is 0 Å². The van der Waals surface area contributed by atoms with Crippen molar-refractivity contribution in [1.82, 2.24) is 4.90 Å². The topological polar surface area (TPSA) is 76.1 Å². The molecule has 1 saturated heterocycles. The fourth-order valence-corrected chi connectivity index (χ4v) is 4.19. The van der Waals surface area contributed by atoms with Crippen LogP contribution in [-0.4, -0.2) is 41.6 Å². The summed E-state index contributed by atoms with van der Waals surface area (Å²) in [6, 6.07) is 11.4. The number of fused-ring (bicyclic) bond motifs is 1. The number of nitrogens with zero attached hydrogens (tertiary/aromatic N) is 1. The minimum atomic E-state index is -0.851. The first-order valence-electron chi connectivity index (χ1n) is 9.94. The molecule has 1 amide bonds. The monoisotopic (exact) mass is 427 g/mol. The van der Waals surface area contributed by atoms with Gasteiger partial charge >= 0.3 is 5.97 Å². The van der Waals surface area contributed by atoms with Crippen molar-refractivity contribution < 1.29 is 24.5 Å². The van der Waals surface area contributed by atoms with Crippen LogP contribution < -0.4 is 4.89 Å². The Kier molecular flexibility index (Phi) is 6.06. The van der Waals surface area contributed by atoms with E-state index in [1.807, 2.05) is 36.4 Å². The number of carbonyl (C=O) groups is 2. The maximum Gasteiger partial charge on any atom is 0.308 e. The van der Waals surface area contributed by atoms with Gasteiger partial charge in [-0.05, 0) is 48.2 Å². The highest BCUT2D eigenvalue weighted by atomic mass is 35.5. The second kappa shape index (κ2) is 8.90.